The molecule has 2 aromatic heterocycles. The second-order valence-corrected chi connectivity index (χ2v) is 10.5. The molecule has 35 heavy (non-hydrogen) atoms. The summed E-state index contributed by atoms with van der Waals surface area (Å²) in [6.07, 6.45) is 9.35. The molecule has 3 atom stereocenters. The van der Waals surface area contributed by atoms with Crippen molar-refractivity contribution in [1.82, 2.24) is 15.1 Å². The van der Waals surface area contributed by atoms with E-state index in [2.05, 4.69) is 63.7 Å². The summed E-state index contributed by atoms with van der Waals surface area (Å²) in [5.41, 5.74) is 4.84. The van der Waals surface area contributed by atoms with E-state index < -0.39 is 0 Å². The number of nitrogens with zero attached hydrogens (tertiary/aromatic N) is 3. The molecule has 0 aliphatic heterocycles. The standard InChI is InChI=1S/C30H29N3O2/c1-2-16-31-26(3-1)19-34-27-14-12-24(13-15-27)30(18-20-4-9-25(30)17-20)23-10-7-21(8-11-23)28-32-29(35-33-28)22-5-6-22/h1-3,7-8,10-16,20,22,25H,4-6,9,17-19H2/t20-,25+,30+/m1/s1. The normalized spacial score (nSPS) is 25.1. The molecule has 3 aliphatic rings. The maximum atomic E-state index is 6.01. The van der Waals surface area contributed by atoms with Gasteiger partial charge in [-0.15, -0.1) is 0 Å². The van der Waals surface area contributed by atoms with Crippen LogP contribution in [0.4, 0.5) is 0 Å². The Morgan fingerprint density at radius 1 is 0.886 bits per heavy atom. The average molecular weight is 464 g/mol. The predicted molar refractivity (Wildman–Crippen MR) is 133 cm³/mol. The lowest BCUT2D eigenvalue weighted by Gasteiger charge is -2.39. The van der Waals surface area contributed by atoms with Crippen LogP contribution in [0.15, 0.2) is 77.4 Å². The van der Waals surface area contributed by atoms with Crippen LogP contribution in [0.3, 0.4) is 0 Å². The van der Waals surface area contributed by atoms with Crippen molar-refractivity contribution >= 4 is 0 Å². The molecule has 5 heteroatoms. The summed E-state index contributed by atoms with van der Waals surface area (Å²) in [7, 11) is 0. The summed E-state index contributed by atoms with van der Waals surface area (Å²) in [5, 5.41) is 4.23. The van der Waals surface area contributed by atoms with Crippen LogP contribution in [0.2, 0.25) is 0 Å². The van der Waals surface area contributed by atoms with E-state index in [-0.39, 0.29) is 5.41 Å². The van der Waals surface area contributed by atoms with E-state index in [9.17, 15) is 0 Å². The van der Waals surface area contributed by atoms with Crippen molar-refractivity contribution in [3.8, 4) is 17.1 Å². The molecule has 7 rings (SSSR count). The third-order valence-corrected chi connectivity index (χ3v) is 8.36. The van der Waals surface area contributed by atoms with Crippen molar-refractivity contribution in [2.45, 2.75) is 56.5 Å². The fourth-order valence-electron chi connectivity index (χ4n) is 6.46. The van der Waals surface area contributed by atoms with Crippen molar-refractivity contribution in [1.29, 1.82) is 0 Å². The average Bonchev–Trinajstić information content (AvgIpc) is 3.31. The summed E-state index contributed by atoms with van der Waals surface area (Å²) >= 11 is 0. The molecule has 2 bridgehead atoms. The fraction of sp³-hybridized carbons (Fsp3) is 0.367. The fourth-order valence-corrected chi connectivity index (χ4v) is 6.46. The van der Waals surface area contributed by atoms with Crippen LogP contribution < -0.4 is 4.74 Å². The Labute approximate surface area is 205 Å². The molecule has 176 valence electrons. The molecule has 0 unspecified atom stereocenters. The molecule has 2 heterocycles. The molecule has 0 radical (unpaired) electrons. The molecule has 3 fully saturated rings. The number of ether oxygens (including phenoxy) is 1. The van der Waals surface area contributed by atoms with Gasteiger partial charge in [0.1, 0.15) is 12.4 Å². The van der Waals surface area contributed by atoms with E-state index >= 15 is 0 Å². The highest BCUT2D eigenvalue weighted by Gasteiger charge is 2.52. The maximum Gasteiger partial charge on any atom is 0.230 e. The second kappa shape index (κ2) is 8.33. The second-order valence-electron chi connectivity index (χ2n) is 10.5. The monoisotopic (exact) mass is 463 g/mol. The molecule has 2 aromatic carbocycles. The van der Waals surface area contributed by atoms with Gasteiger partial charge in [-0.2, -0.15) is 4.98 Å². The lowest BCUT2D eigenvalue weighted by atomic mass is 9.64. The number of pyridine rings is 1. The Balaban J connectivity index is 1.16. The molecule has 0 spiro atoms. The summed E-state index contributed by atoms with van der Waals surface area (Å²) in [6.45, 7) is 0.482. The van der Waals surface area contributed by atoms with E-state index in [1.54, 1.807) is 6.20 Å². The van der Waals surface area contributed by atoms with E-state index in [4.69, 9.17) is 9.26 Å². The number of fused-ring (bicyclic) bond motifs is 2. The zero-order valence-corrected chi connectivity index (χ0v) is 19.8. The Morgan fingerprint density at radius 3 is 2.34 bits per heavy atom. The van der Waals surface area contributed by atoms with Crippen LogP contribution in [0.25, 0.3) is 11.4 Å². The molecule has 3 aliphatic carbocycles. The van der Waals surface area contributed by atoms with Crippen LogP contribution in [-0.2, 0) is 12.0 Å². The first-order valence-electron chi connectivity index (χ1n) is 12.9. The molecule has 0 amide bonds. The van der Waals surface area contributed by atoms with Crippen molar-refractivity contribution in [2.75, 3.05) is 0 Å². The SMILES string of the molecule is c1ccc(COc2ccc([C@@]3(c4ccc(-c5noc(C6CC6)n5)cc4)C[C@@H]4CC[C@H]3C4)cc2)nc1. The Hall–Kier alpha value is -3.47. The highest BCUT2D eigenvalue weighted by molar-refractivity contribution is 5.57. The zero-order chi connectivity index (χ0) is 23.2. The van der Waals surface area contributed by atoms with E-state index in [0.29, 0.717) is 24.3 Å². The topological polar surface area (TPSA) is 61.0 Å². The number of aromatic nitrogens is 3. The molecule has 3 saturated carbocycles. The Kier molecular flexibility index (Phi) is 4.97. The number of hydrogen-bond acceptors (Lipinski definition) is 5. The number of benzene rings is 2. The van der Waals surface area contributed by atoms with Crippen LogP contribution in [0.5, 0.6) is 5.75 Å². The highest BCUT2D eigenvalue weighted by Crippen LogP contribution is 2.60. The molecule has 5 nitrogen and oxygen atoms in total. The van der Waals surface area contributed by atoms with Crippen molar-refractivity contribution in [3.63, 3.8) is 0 Å². The van der Waals surface area contributed by atoms with Crippen LogP contribution >= 0.6 is 0 Å². The van der Waals surface area contributed by atoms with E-state index in [1.807, 2.05) is 18.2 Å². The highest BCUT2D eigenvalue weighted by atomic mass is 16.5. The van der Waals surface area contributed by atoms with Crippen LogP contribution in [0.1, 0.15) is 67.2 Å². The minimum absolute atomic E-state index is 0.0669. The first-order valence-corrected chi connectivity index (χ1v) is 12.9. The minimum atomic E-state index is 0.0669. The quantitative estimate of drug-likeness (QED) is 0.305. The van der Waals surface area contributed by atoms with Crippen LogP contribution in [0, 0.1) is 11.8 Å². The van der Waals surface area contributed by atoms with Gasteiger partial charge in [0.25, 0.3) is 0 Å². The number of hydrogen-bond donors (Lipinski definition) is 0. The molecule has 0 N–H and O–H groups in total. The molecular formula is C30H29N3O2. The van der Waals surface area contributed by atoms with E-state index in [0.717, 1.165) is 28.8 Å². The van der Waals surface area contributed by atoms with Gasteiger partial charge in [0.15, 0.2) is 0 Å². The first kappa shape index (κ1) is 20.9. The van der Waals surface area contributed by atoms with Crippen molar-refractivity contribution < 1.29 is 9.26 Å². The van der Waals surface area contributed by atoms with Gasteiger partial charge >= 0.3 is 0 Å². The Bertz CT molecular complexity index is 1310. The largest absolute Gasteiger partial charge is 0.487 e. The predicted octanol–water partition coefficient (Wildman–Crippen LogP) is 6.69. The third kappa shape index (κ3) is 3.74. The van der Waals surface area contributed by atoms with Crippen LogP contribution in [-0.4, -0.2) is 15.1 Å². The smallest absolute Gasteiger partial charge is 0.230 e. The summed E-state index contributed by atoms with van der Waals surface area (Å²) in [6, 6.07) is 23.7. The minimum Gasteiger partial charge on any atom is -0.487 e. The summed E-state index contributed by atoms with van der Waals surface area (Å²) in [5.74, 6) is 4.36. The van der Waals surface area contributed by atoms with Crippen molar-refractivity contribution in [2.24, 2.45) is 11.8 Å². The van der Waals surface area contributed by atoms with Gasteiger partial charge in [0.2, 0.25) is 11.7 Å². The summed E-state index contributed by atoms with van der Waals surface area (Å²) < 4.78 is 11.5. The third-order valence-electron chi connectivity index (χ3n) is 8.36. The Morgan fingerprint density at radius 2 is 1.69 bits per heavy atom. The van der Waals surface area contributed by atoms with Gasteiger partial charge < -0.3 is 9.26 Å². The van der Waals surface area contributed by atoms with Gasteiger partial charge in [0, 0.05) is 23.1 Å². The maximum absolute atomic E-state index is 6.01. The molecule has 4 aromatic rings. The summed E-state index contributed by atoms with van der Waals surface area (Å²) in [4.78, 5) is 8.99. The van der Waals surface area contributed by atoms with E-state index in [1.165, 1.54) is 49.7 Å². The lowest BCUT2D eigenvalue weighted by molar-refractivity contribution is 0.299. The van der Waals surface area contributed by atoms with Gasteiger partial charge in [-0.1, -0.05) is 54.0 Å². The molecule has 0 saturated heterocycles. The zero-order valence-electron chi connectivity index (χ0n) is 19.8. The van der Waals surface area contributed by atoms with Crippen molar-refractivity contribution in [3.05, 3.63) is 95.6 Å². The number of rotatable bonds is 7. The van der Waals surface area contributed by atoms with Gasteiger partial charge in [-0.25, -0.2) is 0 Å². The first-order chi connectivity index (χ1) is 17.3. The van der Waals surface area contributed by atoms with Gasteiger partial charge in [0.05, 0.1) is 5.69 Å². The van der Waals surface area contributed by atoms with Gasteiger partial charge in [-0.3, -0.25) is 4.98 Å². The lowest BCUT2D eigenvalue weighted by Crippen LogP contribution is -2.34. The molecular weight excluding hydrogens is 434 g/mol. The van der Waals surface area contributed by atoms with Gasteiger partial charge in [-0.05, 0) is 79.3 Å².